The Bertz CT molecular complexity index is 627. The van der Waals surface area contributed by atoms with Crippen LogP contribution in [-0.2, 0) is 19.0 Å². The molecule has 3 amide bonds. The number of nitrogens with zero attached hydrogens (tertiary/aromatic N) is 2. The number of benzene rings is 1. The van der Waals surface area contributed by atoms with E-state index in [4.69, 9.17) is 14.2 Å². The summed E-state index contributed by atoms with van der Waals surface area (Å²) in [6.45, 7) is 2.46. The minimum atomic E-state index is -0.994. The van der Waals surface area contributed by atoms with Gasteiger partial charge in [0.05, 0.1) is 26.3 Å². The van der Waals surface area contributed by atoms with Crippen molar-refractivity contribution in [2.75, 3.05) is 58.4 Å². The van der Waals surface area contributed by atoms with Crippen LogP contribution in [0.4, 0.5) is 10.5 Å². The Hall–Kier alpha value is -2.16. The summed E-state index contributed by atoms with van der Waals surface area (Å²) in [4.78, 5) is 28.2. The highest BCUT2D eigenvalue weighted by atomic mass is 16.7. The maximum absolute atomic E-state index is 12.7. The van der Waals surface area contributed by atoms with Crippen LogP contribution in [0, 0.1) is 0 Å². The number of para-hydroxylation sites is 1. The van der Waals surface area contributed by atoms with Crippen LogP contribution in [0.5, 0.6) is 0 Å². The number of methoxy groups -OCH3 is 1. The zero-order valence-electron chi connectivity index (χ0n) is 15.0. The number of nitrogens with one attached hydrogen (secondary N) is 1. The van der Waals surface area contributed by atoms with Gasteiger partial charge in [-0.2, -0.15) is 0 Å². The fraction of sp³-hybridized carbons (Fsp3) is 0.556. The summed E-state index contributed by atoms with van der Waals surface area (Å²) in [5, 5.41) is 2.89. The predicted molar refractivity (Wildman–Crippen MR) is 94.7 cm³/mol. The number of hydrogen-bond acceptors (Lipinski definition) is 5. The second-order valence-electron chi connectivity index (χ2n) is 6.43. The van der Waals surface area contributed by atoms with Crippen molar-refractivity contribution in [3.63, 3.8) is 0 Å². The highest BCUT2D eigenvalue weighted by molar-refractivity contribution is 5.89. The monoisotopic (exact) mass is 363 g/mol. The molecule has 0 bridgehead atoms. The number of carbonyl (C=O) groups excluding carboxylic acids is 2. The van der Waals surface area contributed by atoms with Gasteiger partial charge in [0.1, 0.15) is 6.61 Å². The largest absolute Gasteiger partial charge is 0.375 e. The van der Waals surface area contributed by atoms with Crippen LogP contribution in [0.25, 0.3) is 0 Å². The highest BCUT2D eigenvalue weighted by Crippen LogP contribution is 2.25. The molecule has 1 unspecified atom stereocenters. The van der Waals surface area contributed by atoms with E-state index in [1.807, 2.05) is 30.3 Å². The van der Waals surface area contributed by atoms with Gasteiger partial charge in [0.15, 0.2) is 0 Å². The molecule has 8 heteroatoms. The number of rotatable bonds is 3. The summed E-state index contributed by atoms with van der Waals surface area (Å²) in [7, 11) is 1.49. The van der Waals surface area contributed by atoms with Crippen molar-refractivity contribution < 1.29 is 23.8 Å². The first-order valence-corrected chi connectivity index (χ1v) is 8.77. The summed E-state index contributed by atoms with van der Waals surface area (Å²) in [6.07, 6.45) is 0.708. The quantitative estimate of drug-likeness (QED) is 0.871. The normalized spacial score (nSPS) is 23.6. The van der Waals surface area contributed by atoms with Gasteiger partial charge < -0.3 is 29.3 Å². The number of ether oxygens (including phenoxy) is 3. The summed E-state index contributed by atoms with van der Waals surface area (Å²) in [5.41, 5.74) is 0.734. The summed E-state index contributed by atoms with van der Waals surface area (Å²) >= 11 is 0. The van der Waals surface area contributed by atoms with E-state index in [2.05, 4.69) is 5.32 Å². The number of anilines is 1. The smallest absolute Gasteiger partial charge is 0.322 e. The SMILES string of the molecule is COCC(=O)N1CCOC2(C1)CN(C(=O)Nc1ccccc1)CCCO2. The number of urea groups is 1. The Labute approximate surface area is 153 Å². The number of carbonyl (C=O) groups is 2. The van der Waals surface area contributed by atoms with E-state index in [1.165, 1.54) is 7.11 Å². The lowest BCUT2D eigenvalue weighted by atomic mass is 10.2. The highest BCUT2D eigenvalue weighted by Gasteiger charge is 2.43. The fourth-order valence-corrected chi connectivity index (χ4v) is 3.19. The molecule has 0 radical (unpaired) electrons. The molecule has 3 rings (SSSR count). The molecule has 1 aromatic rings. The third-order valence-corrected chi connectivity index (χ3v) is 4.46. The van der Waals surface area contributed by atoms with Crippen LogP contribution >= 0.6 is 0 Å². The van der Waals surface area contributed by atoms with E-state index < -0.39 is 5.79 Å². The van der Waals surface area contributed by atoms with Crippen molar-refractivity contribution in [1.82, 2.24) is 9.80 Å². The summed E-state index contributed by atoms with van der Waals surface area (Å²) < 4.78 is 16.8. The molecule has 1 aromatic carbocycles. The maximum Gasteiger partial charge on any atom is 0.322 e. The zero-order valence-corrected chi connectivity index (χ0v) is 15.0. The molecule has 2 saturated heterocycles. The minimum absolute atomic E-state index is 0.0221. The van der Waals surface area contributed by atoms with Crippen molar-refractivity contribution in [1.29, 1.82) is 0 Å². The van der Waals surface area contributed by atoms with Gasteiger partial charge in [-0.15, -0.1) is 0 Å². The average Bonchev–Trinajstić information content (AvgIpc) is 2.85. The lowest BCUT2D eigenvalue weighted by molar-refractivity contribution is -0.262. The average molecular weight is 363 g/mol. The van der Waals surface area contributed by atoms with Gasteiger partial charge in [0.25, 0.3) is 0 Å². The summed E-state index contributed by atoms with van der Waals surface area (Å²) in [5.74, 6) is -1.10. The number of amides is 3. The Morgan fingerprint density at radius 2 is 1.85 bits per heavy atom. The van der Waals surface area contributed by atoms with E-state index >= 15 is 0 Å². The third-order valence-electron chi connectivity index (χ3n) is 4.46. The lowest BCUT2D eigenvalue weighted by Gasteiger charge is -2.43. The van der Waals surface area contributed by atoms with Gasteiger partial charge >= 0.3 is 6.03 Å². The molecule has 1 spiro atoms. The lowest BCUT2D eigenvalue weighted by Crippen LogP contribution is -2.60. The van der Waals surface area contributed by atoms with E-state index in [1.54, 1.807) is 9.80 Å². The van der Waals surface area contributed by atoms with Gasteiger partial charge in [-0.25, -0.2) is 4.79 Å². The molecular formula is C18H25N3O5. The molecule has 142 valence electrons. The van der Waals surface area contributed by atoms with Crippen LogP contribution in [0.2, 0.25) is 0 Å². The minimum Gasteiger partial charge on any atom is -0.375 e. The third kappa shape index (κ3) is 4.51. The Morgan fingerprint density at radius 1 is 1.12 bits per heavy atom. The molecule has 2 aliphatic rings. The molecule has 1 atom stereocenters. The first-order valence-electron chi connectivity index (χ1n) is 8.77. The molecule has 1 N–H and O–H groups in total. The van der Waals surface area contributed by atoms with Crippen molar-refractivity contribution in [2.24, 2.45) is 0 Å². The first-order chi connectivity index (χ1) is 12.6. The van der Waals surface area contributed by atoms with Crippen LogP contribution in [0.1, 0.15) is 6.42 Å². The standard InChI is InChI=1S/C18H25N3O5/c1-24-12-16(22)20-9-11-26-18(13-20)14-21(8-5-10-25-18)17(23)19-15-6-3-2-4-7-15/h2-4,6-7H,5,8-14H2,1H3,(H,19,23). The maximum atomic E-state index is 12.7. The Balaban J connectivity index is 1.68. The van der Waals surface area contributed by atoms with Crippen LogP contribution in [-0.4, -0.2) is 80.6 Å². The van der Waals surface area contributed by atoms with Crippen LogP contribution in [0.15, 0.2) is 30.3 Å². The van der Waals surface area contributed by atoms with Gasteiger partial charge in [-0.05, 0) is 18.6 Å². The van der Waals surface area contributed by atoms with E-state index in [0.29, 0.717) is 32.7 Å². The van der Waals surface area contributed by atoms with Crippen molar-refractivity contribution in [2.45, 2.75) is 12.2 Å². The van der Waals surface area contributed by atoms with Gasteiger partial charge in [-0.3, -0.25) is 4.79 Å². The topological polar surface area (TPSA) is 80.3 Å². The van der Waals surface area contributed by atoms with E-state index in [9.17, 15) is 9.59 Å². The molecule has 2 fully saturated rings. The van der Waals surface area contributed by atoms with E-state index in [0.717, 1.165) is 5.69 Å². The van der Waals surface area contributed by atoms with E-state index in [-0.39, 0.29) is 31.6 Å². The Morgan fingerprint density at radius 3 is 2.62 bits per heavy atom. The number of morpholine rings is 1. The van der Waals surface area contributed by atoms with Gasteiger partial charge in [0, 0.05) is 25.9 Å². The van der Waals surface area contributed by atoms with Crippen LogP contribution in [0.3, 0.4) is 0 Å². The van der Waals surface area contributed by atoms with Crippen LogP contribution < -0.4 is 5.32 Å². The number of hydrogen-bond donors (Lipinski definition) is 1. The predicted octanol–water partition coefficient (Wildman–Crippen LogP) is 1.14. The second-order valence-corrected chi connectivity index (χ2v) is 6.43. The molecular weight excluding hydrogens is 338 g/mol. The molecule has 0 saturated carbocycles. The Kier molecular flexibility index (Phi) is 6.08. The van der Waals surface area contributed by atoms with Gasteiger partial charge in [0.2, 0.25) is 11.7 Å². The second kappa shape index (κ2) is 8.48. The fourth-order valence-electron chi connectivity index (χ4n) is 3.19. The zero-order chi connectivity index (χ0) is 18.4. The molecule has 0 aliphatic carbocycles. The molecule has 2 heterocycles. The van der Waals surface area contributed by atoms with Crippen molar-refractivity contribution >= 4 is 17.6 Å². The molecule has 0 aromatic heterocycles. The van der Waals surface area contributed by atoms with Crippen molar-refractivity contribution in [3.05, 3.63) is 30.3 Å². The molecule has 2 aliphatic heterocycles. The molecule has 8 nitrogen and oxygen atoms in total. The first kappa shape index (κ1) is 18.6. The van der Waals surface area contributed by atoms with Crippen molar-refractivity contribution in [3.8, 4) is 0 Å². The molecule has 26 heavy (non-hydrogen) atoms. The van der Waals surface area contributed by atoms with Gasteiger partial charge in [-0.1, -0.05) is 18.2 Å². The summed E-state index contributed by atoms with van der Waals surface area (Å²) in [6, 6.07) is 9.10.